The number of benzene rings is 1. The Balaban J connectivity index is 2.20. The fourth-order valence-electron chi connectivity index (χ4n) is 1.49. The molecule has 2 rings (SSSR count). The zero-order valence-electron chi connectivity index (χ0n) is 12.0. The van der Waals surface area contributed by atoms with E-state index < -0.39 is 10.0 Å². The van der Waals surface area contributed by atoms with Gasteiger partial charge in [-0.15, -0.1) is 10.2 Å². The molecule has 0 aliphatic carbocycles. The van der Waals surface area contributed by atoms with E-state index in [9.17, 15) is 8.42 Å². The number of hydrogen-bond donors (Lipinski definition) is 1. The van der Waals surface area contributed by atoms with Crippen LogP contribution in [-0.4, -0.2) is 31.0 Å². The van der Waals surface area contributed by atoms with Crippen LogP contribution in [0.5, 0.6) is 5.75 Å². The summed E-state index contributed by atoms with van der Waals surface area (Å²) >= 11 is 6.01. The van der Waals surface area contributed by atoms with Crippen LogP contribution in [0.3, 0.4) is 0 Å². The number of nitrogens with zero attached hydrogens (tertiary/aromatic N) is 2. The average molecular weight is 424 g/mol. The smallest absolute Gasteiger partial charge is 0.263 e. The van der Waals surface area contributed by atoms with Gasteiger partial charge in [0.2, 0.25) is 5.13 Å². The molecule has 1 heterocycles. The van der Waals surface area contributed by atoms with Crippen LogP contribution in [0.4, 0.5) is 5.13 Å². The van der Waals surface area contributed by atoms with Crippen molar-refractivity contribution in [3.05, 3.63) is 22.7 Å². The molecule has 6 nitrogen and oxygen atoms in total. The summed E-state index contributed by atoms with van der Waals surface area (Å²) in [7, 11) is -2.20. The first-order chi connectivity index (χ1) is 10.3. The van der Waals surface area contributed by atoms with Crippen molar-refractivity contribution in [2.75, 3.05) is 11.8 Å². The molecule has 10 heteroatoms. The number of aromatic nitrogens is 2. The van der Waals surface area contributed by atoms with Gasteiger partial charge in [0.05, 0.1) is 16.5 Å². The number of ether oxygens (including phenoxy) is 1. The molecule has 0 amide bonds. The van der Waals surface area contributed by atoms with E-state index in [2.05, 4.69) is 30.8 Å². The summed E-state index contributed by atoms with van der Waals surface area (Å²) in [6.07, 6.45) is 0. The second-order valence-electron chi connectivity index (χ2n) is 4.44. The van der Waals surface area contributed by atoms with E-state index in [0.29, 0.717) is 15.5 Å². The first kappa shape index (κ1) is 17.5. The van der Waals surface area contributed by atoms with Gasteiger partial charge in [0.25, 0.3) is 10.0 Å². The van der Waals surface area contributed by atoms with E-state index in [1.165, 1.54) is 42.3 Å². The Morgan fingerprint density at radius 2 is 2.09 bits per heavy atom. The second-order valence-corrected chi connectivity index (χ2v) is 9.78. The third-order valence-electron chi connectivity index (χ3n) is 2.40. The van der Waals surface area contributed by atoms with Crippen LogP contribution in [0.2, 0.25) is 0 Å². The fraction of sp³-hybridized carbons (Fsp3) is 0.333. The Kier molecular flexibility index (Phi) is 5.70. The van der Waals surface area contributed by atoms with Crippen LogP contribution in [0.25, 0.3) is 0 Å². The predicted octanol–water partition coefficient (Wildman–Crippen LogP) is 3.61. The zero-order chi connectivity index (χ0) is 16.3. The summed E-state index contributed by atoms with van der Waals surface area (Å²) in [5.74, 6) is 0.561. The minimum atomic E-state index is -3.71. The standard InChI is InChI=1S/C12H14BrN3O3S3/c1-7(2)20-12-15-14-11(21-12)16-22(17,18)8-4-5-10(19-3)9(13)6-8/h4-7H,1-3H3,(H,14,16). The van der Waals surface area contributed by atoms with Gasteiger partial charge in [-0.25, -0.2) is 8.42 Å². The van der Waals surface area contributed by atoms with E-state index >= 15 is 0 Å². The maximum atomic E-state index is 12.3. The molecule has 0 saturated heterocycles. The number of methoxy groups -OCH3 is 1. The van der Waals surface area contributed by atoms with Crippen molar-refractivity contribution in [2.24, 2.45) is 0 Å². The Labute approximate surface area is 145 Å². The molecule has 0 aliphatic rings. The minimum absolute atomic E-state index is 0.119. The summed E-state index contributed by atoms with van der Waals surface area (Å²) in [5.41, 5.74) is 0. The third kappa shape index (κ3) is 4.34. The van der Waals surface area contributed by atoms with E-state index in [1.807, 2.05) is 13.8 Å². The third-order valence-corrected chi connectivity index (χ3v) is 6.41. The highest BCUT2D eigenvalue weighted by Gasteiger charge is 2.18. The average Bonchev–Trinajstić information content (AvgIpc) is 2.84. The van der Waals surface area contributed by atoms with Crippen LogP contribution < -0.4 is 9.46 Å². The van der Waals surface area contributed by atoms with Crippen molar-refractivity contribution < 1.29 is 13.2 Å². The van der Waals surface area contributed by atoms with Crippen molar-refractivity contribution in [3.63, 3.8) is 0 Å². The van der Waals surface area contributed by atoms with Crippen molar-refractivity contribution in [3.8, 4) is 5.75 Å². The molecule has 120 valence electrons. The van der Waals surface area contributed by atoms with Gasteiger partial charge in [-0.3, -0.25) is 4.72 Å². The van der Waals surface area contributed by atoms with E-state index in [-0.39, 0.29) is 10.0 Å². The molecule has 0 aliphatic heterocycles. The summed E-state index contributed by atoms with van der Waals surface area (Å²) in [6, 6.07) is 4.53. The second kappa shape index (κ2) is 7.16. The highest BCUT2D eigenvalue weighted by atomic mass is 79.9. The first-order valence-electron chi connectivity index (χ1n) is 6.18. The van der Waals surface area contributed by atoms with Crippen molar-refractivity contribution >= 4 is 54.2 Å². The Bertz CT molecular complexity index is 762. The lowest BCUT2D eigenvalue weighted by Crippen LogP contribution is -2.12. The number of anilines is 1. The largest absolute Gasteiger partial charge is 0.496 e. The van der Waals surface area contributed by atoms with Crippen molar-refractivity contribution in [1.29, 1.82) is 0 Å². The molecule has 0 spiro atoms. The van der Waals surface area contributed by atoms with Gasteiger partial charge in [-0.1, -0.05) is 36.9 Å². The Hall–Kier alpha value is -0.840. The van der Waals surface area contributed by atoms with Crippen molar-refractivity contribution in [2.45, 2.75) is 28.3 Å². The highest BCUT2D eigenvalue weighted by molar-refractivity contribution is 9.10. The summed E-state index contributed by atoms with van der Waals surface area (Å²) in [5, 5.41) is 8.41. The van der Waals surface area contributed by atoms with Crippen LogP contribution >= 0.6 is 39.0 Å². The van der Waals surface area contributed by atoms with E-state index in [0.717, 1.165) is 4.34 Å². The molecule has 0 saturated carbocycles. The molecule has 1 N–H and O–H groups in total. The molecule has 22 heavy (non-hydrogen) atoms. The van der Waals surface area contributed by atoms with Gasteiger partial charge in [0.15, 0.2) is 4.34 Å². The van der Waals surface area contributed by atoms with E-state index in [1.54, 1.807) is 6.07 Å². The molecule has 1 aromatic carbocycles. The SMILES string of the molecule is COc1ccc(S(=O)(=O)Nc2nnc(SC(C)C)s2)cc1Br. The lowest BCUT2D eigenvalue weighted by Gasteiger charge is -2.07. The molecular weight excluding hydrogens is 410 g/mol. The zero-order valence-corrected chi connectivity index (χ0v) is 16.1. The molecule has 0 radical (unpaired) electrons. The van der Waals surface area contributed by atoms with Gasteiger partial charge in [0.1, 0.15) is 5.75 Å². The number of hydrogen-bond acceptors (Lipinski definition) is 7. The monoisotopic (exact) mass is 423 g/mol. The summed E-state index contributed by atoms with van der Waals surface area (Å²) < 4.78 is 33.5. The number of halogens is 1. The fourth-order valence-corrected chi connectivity index (χ4v) is 5.41. The van der Waals surface area contributed by atoms with Crippen LogP contribution in [-0.2, 0) is 10.0 Å². The molecule has 0 atom stereocenters. The van der Waals surface area contributed by atoms with Crippen molar-refractivity contribution in [1.82, 2.24) is 10.2 Å². The lowest BCUT2D eigenvalue weighted by atomic mass is 10.3. The maximum Gasteiger partial charge on any atom is 0.263 e. The topological polar surface area (TPSA) is 81.2 Å². The molecule has 0 unspecified atom stereocenters. The number of nitrogens with one attached hydrogen (secondary N) is 1. The van der Waals surface area contributed by atoms with Crippen LogP contribution in [0, 0.1) is 0 Å². The maximum absolute atomic E-state index is 12.3. The Morgan fingerprint density at radius 1 is 1.36 bits per heavy atom. The molecule has 1 aromatic heterocycles. The Morgan fingerprint density at radius 3 is 2.68 bits per heavy atom. The normalized spacial score (nSPS) is 11.7. The van der Waals surface area contributed by atoms with Gasteiger partial charge in [0, 0.05) is 5.25 Å². The molecule has 0 fully saturated rings. The highest BCUT2D eigenvalue weighted by Crippen LogP contribution is 2.31. The lowest BCUT2D eigenvalue weighted by molar-refractivity contribution is 0.411. The number of rotatable bonds is 6. The van der Waals surface area contributed by atoms with Gasteiger partial charge >= 0.3 is 0 Å². The molecule has 2 aromatic rings. The van der Waals surface area contributed by atoms with Gasteiger partial charge in [-0.05, 0) is 34.1 Å². The molecule has 0 bridgehead atoms. The quantitative estimate of drug-likeness (QED) is 0.714. The van der Waals surface area contributed by atoms with Gasteiger partial charge < -0.3 is 4.74 Å². The summed E-state index contributed by atoms with van der Waals surface area (Å²) in [4.78, 5) is 0.119. The summed E-state index contributed by atoms with van der Waals surface area (Å²) in [6.45, 7) is 4.07. The van der Waals surface area contributed by atoms with Gasteiger partial charge in [-0.2, -0.15) is 0 Å². The van der Waals surface area contributed by atoms with Crippen LogP contribution in [0.15, 0.2) is 31.9 Å². The number of sulfonamides is 1. The molecular formula is C12H14BrN3O3S3. The minimum Gasteiger partial charge on any atom is -0.496 e. The predicted molar refractivity (Wildman–Crippen MR) is 92.4 cm³/mol. The number of thioether (sulfide) groups is 1. The van der Waals surface area contributed by atoms with E-state index in [4.69, 9.17) is 4.74 Å². The first-order valence-corrected chi connectivity index (χ1v) is 10.2. The van der Waals surface area contributed by atoms with Crippen LogP contribution in [0.1, 0.15) is 13.8 Å².